The highest BCUT2D eigenvalue weighted by atomic mass is 127. The average Bonchev–Trinajstić information content (AvgIpc) is 2.69. The summed E-state index contributed by atoms with van der Waals surface area (Å²) < 4.78 is 1.37. The number of aryl methyl sites for hydroxylation is 1. The van der Waals surface area contributed by atoms with Crippen LogP contribution in [0.15, 0.2) is 48.5 Å². The van der Waals surface area contributed by atoms with E-state index < -0.39 is 17.8 Å². The van der Waals surface area contributed by atoms with E-state index in [-0.39, 0.29) is 16.3 Å². The average molecular weight is 682 g/mol. The molecule has 3 aromatic carbocycles. The molecule has 0 spiro atoms. The second-order valence-electron chi connectivity index (χ2n) is 6.75. The second kappa shape index (κ2) is 9.93. The Kier molecular flexibility index (Phi) is 7.72. The van der Waals surface area contributed by atoms with E-state index in [1.807, 2.05) is 22.6 Å². The van der Waals surface area contributed by atoms with Crippen molar-refractivity contribution in [2.75, 3.05) is 5.32 Å². The van der Waals surface area contributed by atoms with E-state index in [9.17, 15) is 19.8 Å². The van der Waals surface area contributed by atoms with Gasteiger partial charge in [-0.05, 0) is 99.1 Å². The van der Waals surface area contributed by atoms with Crippen LogP contribution in [0, 0.1) is 14.1 Å². The van der Waals surface area contributed by atoms with E-state index in [0.29, 0.717) is 31.0 Å². The van der Waals surface area contributed by atoms with Crippen molar-refractivity contribution in [3.05, 3.63) is 88.0 Å². The normalized spacial score (nSPS) is 11.8. The third kappa shape index (κ3) is 5.44. The summed E-state index contributed by atoms with van der Waals surface area (Å²) in [7, 11) is 0. The first kappa shape index (κ1) is 24.1. The van der Waals surface area contributed by atoms with Crippen molar-refractivity contribution in [2.24, 2.45) is 0 Å². The molecule has 1 atom stereocenters. The maximum absolute atomic E-state index is 12.8. The van der Waals surface area contributed by atoms with Crippen molar-refractivity contribution in [3.63, 3.8) is 0 Å². The maximum Gasteiger partial charge on any atom is 0.315 e. The number of phenolic OH excluding ortho intramolecular Hbond substituents is 1. The molecule has 0 heterocycles. The van der Waals surface area contributed by atoms with Crippen LogP contribution in [0.3, 0.4) is 0 Å². The summed E-state index contributed by atoms with van der Waals surface area (Å²) in [6.45, 7) is 1.74. The summed E-state index contributed by atoms with van der Waals surface area (Å²) in [4.78, 5) is 24.8. The molecule has 0 fully saturated rings. The van der Waals surface area contributed by atoms with Crippen molar-refractivity contribution in [3.8, 4) is 5.75 Å². The Bertz CT molecular complexity index is 1180. The molecule has 0 bridgehead atoms. The fraction of sp³-hybridized carbons (Fsp3) is 0.0909. The molecule has 3 rings (SSSR count). The van der Waals surface area contributed by atoms with Crippen LogP contribution in [0.25, 0.3) is 0 Å². The zero-order valence-electron chi connectivity index (χ0n) is 15.9. The van der Waals surface area contributed by atoms with Crippen molar-refractivity contribution in [1.29, 1.82) is 0 Å². The molecule has 1 unspecified atom stereocenters. The lowest BCUT2D eigenvalue weighted by Crippen LogP contribution is -2.16. The van der Waals surface area contributed by atoms with Gasteiger partial charge in [0.05, 0.1) is 9.13 Å². The van der Waals surface area contributed by atoms with Crippen LogP contribution < -0.4 is 5.32 Å². The minimum absolute atomic E-state index is 0.104. The molecule has 3 aromatic rings. The number of benzene rings is 3. The number of anilines is 1. The monoisotopic (exact) mass is 681 g/mol. The topological polar surface area (TPSA) is 86.6 Å². The second-order valence-corrected chi connectivity index (χ2v) is 10.0. The van der Waals surface area contributed by atoms with E-state index in [0.717, 1.165) is 3.57 Å². The molecule has 3 N–H and O–H groups in total. The maximum atomic E-state index is 12.8. The molecule has 31 heavy (non-hydrogen) atoms. The van der Waals surface area contributed by atoms with Gasteiger partial charge in [-0.1, -0.05) is 41.4 Å². The number of halogens is 4. The number of aliphatic carboxylic acids is 1. The van der Waals surface area contributed by atoms with E-state index in [2.05, 4.69) is 27.9 Å². The first-order chi connectivity index (χ1) is 14.6. The smallest absolute Gasteiger partial charge is 0.315 e. The largest absolute Gasteiger partial charge is 0.506 e. The third-order valence-electron chi connectivity index (χ3n) is 4.63. The molecular weight excluding hydrogens is 667 g/mol. The Morgan fingerprint density at radius 1 is 1.03 bits per heavy atom. The summed E-state index contributed by atoms with van der Waals surface area (Å²) in [5.74, 6) is -2.64. The summed E-state index contributed by atoms with van der Waals surface area (Å²) in [6.07, 6.45) is 0. The molecular formula is C22H15Cl2I2NO4. The predicted molar refractivity (Wildman–Crippen MR) is 139 cm³/mol. The fourth-order valence-electron chi connectivity index (χ4n) is 3.10. The molecule has 0 aliphatic heterocycles. The molecule has 0 aromatic heterocycles. The SMILES string of the molecule is Cc1cc(C(C(=O)O)c2ccc(Cl)cc2)c(Cl)cc1NC(=O)c1cc(I)cc(I)c1O. The molecule has 0 saturated heterocycles. The minimum Gasteiger partial charge on any atom is -0.506 e. The quantitative estimate of drug-likeness (QED) is 0.262. The molecule has 0 aliphatic carbocycles. The molecule has 0 aliphatic rings. The van der Waals surface area contributed by atoms with E-state index >= 15 is 0 Å². The molecule has 0 radical (unpaired) electrons. The number of rotatable bonds is 5. The lowest BCUT2D eigenvalue weighted by molar-refractivity contribution is -0.137. The van der Waals surface area contributed by atoms with Crippen LogP contribution in [0.5, 0.6) is 5.75 Å². The first-order valence-electron chi connectivity index (χ1n) is 8.86. The van der Waals surface area contributed by atoms with Gasteiger partial charge in [0.15, 0.2) is 0 Å². The van der Waals surface area contributed by atoms with Crippen LogP contribution in [-0.4, -0.2) is 22.1 Å². The lowest BCUT2D eigenvalue weighted by Gasteiger charge is -2.18. The van der Waals surface area contributed by atoms with Gasteiger partial charge in [-0.25, -0.2) is 0 Å². The number of nitrogens with one attached hydrogen (secondary N) is 1. The third-order valence-corrected chi connectivity index (χ3v) is 6.65. The summed E-state index contributed by atoms with van der Waals surface area (Å²) >= 11 is 16.4. The standard InChI is InChI=1S/C22H15Cl2I2NO4/c1-10-6-14(19(22(30)31)11-2-4-12(23)5-3-11)16(24)9-18(10)27-21(29)15-7-13(25)8-17(26)20(15)28/h2-9,19,28H,1H3,(H,27,29)(H,30,31). The highest BCUT2D eigenvalue weighted by Gasteiger charge is 2.26. The zero-order valence-corrected chi connectivity index (χ0v) is 21.7. The number of amides is 1. The van der Waals surface area contributed by atoms with Gasteiger partial charge in [0.2, 0.25) is 0 Å². The highest BCUT2D eigenvalue weighted by molar-refractivity contribution is 14.1. The number of phenols is 1. The van der Waals surface area contributed by atoms with Gasteiger partial charge in [-0.15, -0.1) is 0 Å². The van der Waals surface area contributed by atoms with Crippen molar-refractivity contribution in [2.45, 2.75) is 12.8 Å². The highest BCUT2D eigenvalue weighted by Crippen LogP contribution is 2.35. The Morgan fingerprint density at radius 2 is 1.68 bits per heavy atom. The van der Waals surface area contributed by atoms with E-state index in [4.69, 9.17) is 23.2 Å². The van der Waals surface area contributed by atoms with Crippen molar-refractivity contribution in [1.82, 2.24) is 0 Å². The Balaban J connectivity index is 1.97. The van der Waals surface area contributed by atoms with Crippen molar-refractivity contribution >= 4 is 85.9 Å². The van der Waals surface area contributed by atoms with Gasteiger partial charge in [0, 0.05) is 19.3 Å². The summed E-state index contributed by atoms with van der Waals surface area (Å²) in [5, 5.41) is 23.5. The van der Waals surface area contributed by atoms with Crippen LogP contribution >= 0.6 is 68.4 Å². The van der Waals surface area contributed by atoms with E-state index in [1.54, 1.807) is 49.4 Å². The van der Waals surface area contributed by atoms with Gasteiger partial charge in [-0.2, -0.15) is 0 Å². The molecule has 5 nitrogen and oxygen atoms in total. The first-order valence-corrected chi connectivity index (χ1v) is 11.8. The molecule has 9 heteroatoms. The number of carbonyl (C=O) groups is 2. The Hall–Kier alpha value is -1.56. The van der Waals surface area contributed by atoms with Gasteiger partial charge >= 0.3 is 5.97 Å². The lowest BCUT2D eigenvalue weighted by atomic mass is 9.90. The van der Waals surface area contributed by atoms with Crippen LogP contribution in [-0.2, 0) is 4.79 Å². The molecule has 1 amide bonds. The van der Waals surface area contributed by atoms with Gasteiger partial charge < -0.3 is 15.5 Å². The number of carboxylic acid groups (broad SMARTS) is 1. The fourth-order valence-corrected chi connectivity index (χ4v) is 5.34. The van der Waals surface area contributed by atoms with E-state index in [1.165, 1.54) is 6.07 Å². The van der Waals surface area contributed by atoms with Gasteiger partial charge in [-0.3, -0.25) is 9.59 Å². The molecule has 160 valence electrons. The Labute approximate surface area is 216 Å². The number of hydrogen-bond donors (Lipinski definition) is 3. The number of aromatic hydroxyl groups is 1. The summed E-state index contributed by atoms with van der Waals surface area (Å²) in [5.41, 5.74) is 2.13. The van der Waals surface area contributed by atoms with Crippen LogP contribution in [0.4, 0.5) is 5.69 Å². The zero-order chi connectivity index (χ0) is 22.9. The minimum atomic E-state index is -1.06. The number of hydrogen-bond acceptors (Lipinski definition) is 3. The van der Waals surface area contributed by atoms with Crippen LogP contribution in [0.1, 0.15) is 33.0 Å². The van der Waals surface area contributed by atoms with Crippen LogP contribution in [0.2, 0.25) is 10.0 Å². The number of carbonyl (C=O) groups excluding carboxylic acids is 1. The molecule has 0 saturated carbocycles. The number of carboxylic acids is 1. The predicted octanol–water partition coefficient (Wildman–Crippen LogP) is 6.69. The van der Waals surface area contributed by atoms with Gasteiger partial charge in [0.25, 0.3) is 5.91 Å². The van der Waals surface area contributed by atoms with Gasteiger partial charge in [0.1, 0.15) is 11.7 Å². The Morgan fingerprint density at radius 3 is 2.29 bits per heavy atom. The van der Waals surface area contributed by atoms with Crippen molar-refractivity contribution < 1.29 is 19.8 Å². The summed E-state index contributed by atoms with van der Waals surface area (Å²) in [6, 6.07) is 13.0.